The molecular weight excluding hydrogens is 376 g/mol. The van der Waals surface area contributed by atoms with E-state index in [0.29, 0.717) is 24.6 Å². The van der Waals surface area contributed by atoms with Gasteiger partial charge in [0.1, 0.15) is 11.4 Å². The van der Waals surface area contributed by atoms with E-state index >= 15 is 0 Å². The van der Waals surface area contributed by atoms with Gasteiger partial charge in [0.05, 0.1) is 0 Å². The molecule has 0 bridgehead atoms. The van der Waals surface area contributed by atoms with Gasteiger partial charge in [0.25, 0.3) is 0 Å². The Balaban J connectivity index is 1.46. The lowest BCUT2D eigenvalue weighted by Gasteiger charge is -2.05. The van der Waals surface area contributed by atoms with E-state index in [1.807, 2.05) is 66.7 Å². The van der Waals surface area contributed by atoms with Gasteiger partial charge in [0, 0.05) is 30.5 Å². The number of carbonyl (C=O) groups is 1. The van der Waals surface area contributed by atoms with Crippen molar-refractivity contribution in [2.75, 3.05) is 0 Å². The summed E-state index contributed by atoms with van der Waals surface area (Å²) in [6.07, 6.45) is 0.667. The maximum atomic E-state index is 12.3. The van der Waals surface area contributed by atoms with Gasteiger partial charge >= 0.3 is 0 Å². The van der Waals surface area contributed by atoms with E-state index in [0.717, 1.165) is 22.4 Å². The zero-order chi connectivity index (χ0) is 20.8. The molecule has 4 rings (SSSR count). The minimum Gasteiger partial charge on any atom is -0.508 e. The number of phenolic OH excluding ortho intramolecular Hbond substituents is 1. The Labute approximate surface area is 175 Å². The van der Waals surface area contributed by atoms with Crippen molar-refractivity contribution < 1.29 is 14.3 Å². The molecule has 0 radical (unpaired) electrons. The molecule has 0 unspecified atom stereocenters. The molecule has 0 aliphatic carbocycles. The van der Waals surface area contributed by atoms with Gasteiger partial charge in [-0.3, -0.25) is 4.79 Å². The lowest BCUT2D eigenvalue weighted by Crippen LogP contribution is -2.23. The number of phenols is 1. The van der Waals surface area contributed by atoms with Crippen LogP contribution in [0.3, 0.4) is 0 Å². The predicted octanol–water partition coefficient (Wildman–Crippen LogP) is 4.96. The van der Waals surface area contributed by atoms with Crippen LogP contribution in [0.1, 0.15) is 17.9 Å². The molecule has 0 atom stereocenters. The van der Waals surface area contributed by atoms with Crippen molar-refractivity contribution >= 4 is 5.91 Å². The van der Waals surface area contributed by atoms with Gasteiger partial charge in [-0.1, -0.05) is 72.8 Å². The average molecular weight is 398 g/mol. The summed E-state index contributed by atoms with van der Waals surface area (Å²) in [6.45, 7) is 0.364. The average Bonchev–Trinajstić information content (AvgIpc) is 3.22. The monoisotopic (exact) mass is 398 g/mol. The van der Waals surface area contributed by atoms with Crippen molar-refractivity contribution in [3.05, 3.63) is 96.4 Å². The minimum absolute atomic E-state index is 0.0981. The van der Waals surface area contributed by atoms with Gasteiger partial charge in [0.2, 0.25) is 5.91 Å². The topological polar surface area (TPSA) is 75.4 Å². The fourth-order valence-corrected chi connectivity index (χ4v) is 3.22. The van der Waals surface area contributed by atoms with Crippen molar-refractivity contribution in [1.29, 1.82) is 0 Å². The number of hydrogen-bond donors (Lipinski definition) is 2. The molecule has 4 aromatic rings. The maximum absolute atomic E-state index is 12.3. The van der Waals surface area contributed by atoms with Gasteiger partial charge in [-0.2, -0.15) is 0 Å². The molecule has 3 aromatic carbocycles. The summed E-state index contributed by atoms with van der Waals surface area (Å²) >= 11 is 0. The Morgan fingerprint density at radius 1 is 0.900 bits per heavy atom. The van der Waals surface area contributed by atoms with Crippen LogP contribution in [0.5, 0.6) is 5.75 Å². The number of aromatic nitrogens is 1. The van der Waals surface area contributed by atoms with E-state index in [2.05, 4.69) is 10.3 Å². The molecular formula is C25H22N2O3. The quantitative estimate of drug-likeness (QED) is 0.461. The van der Waals surface area contributed by atoms with Crippen molar-refractivity contribution in [2.24, 2.45) is 0 Å². The third-order valence-corrected chi connectivity index (χ3v) is 4.72. The molecule has 2 N–H and O–H groups in total. The molecule has 5 nitrogen and oxygen atoms in total. The number of aryl methyl sites for hydroxylation is 1. The summed E-state index contributed by atoms with van der Waals surface area (Å²) in [5, 5.41) is 12.4. The van der Waals surface area contributed by atoms with Crippen LogP contribution in [-0.2, 0) is 17.8 Å². The number of nitrogens with zero attached hydrogens (tertiary/aromatic N) is 1. The van der Waals surface area contributed by atoms with Crippen LogP contribution in [0.2, 0.25) is 0 Å². The van der Waals surface area contributed by atoms with Crippen molar-refractivity contribution in [3.63, 3.8) is 0 Å². The Morgan fingerprint density at radius 3 is 2.30 bits per heavy atom. The van der Waals surface area contributed by atoms with Crippen molar-refractivity contribution in [3.8, 4) is 28.3 Å². The van der Waals surface area contributed by atoms with E-state index in [-0.39, 0.29) is 18.1 Å². The Morgan fingerprint density at radius 2 is 1.60 bits per heavy atom. The number of hydrogen-bond acceptors (Lipinski definition) is 4. The Hall–Kier alpha value is -3.86. The standard InChI is InChI=1S/C25H22N2O3/c28-21-13-7-8-18(16-21)17-26-22(29)14-15-23-27-24(19-9-3-1-4-10-19)25(30-23)20-11-5-2-6-12-20/h1-13,16,28H,14-15,17H2,(H,26,29). The summed E-state index contributed by atoms with van der Waals surface area (Å²) in [4.78, 5) is 16.9. The van der Waals surface area contributed by atoms with Crippen LogP contribution in [0.4, 0.5) is 0 Å². The first-order valence-corrected chi connectivity index (χ1v) is 9.84. The zero-order valence-electron chi connectivity index (χ0n) is 16.4. The molecule has 150 valence electrons. The highest BCUT2D eigenvalue weighted by molar-refractivity contribution is 5.77. The number of amides is 1. The van der Waals surface area contributed by atoms with Crippen molar-refractivity contribution in [1.82, 2.24) is 10.3 Å². The molecule has 1 aromatic heterocycles. The van der Waals surface area contributed by atoms with Gasteiger partial charge < -0.3 is 14.8 Å². The SMILES string of the molecule is O=C(CCc1nc(-c2ccccc2)c(-c2ccccc2)o1)NCc1cccc(O)c1. The Bertz CT molecular complexity index is 1060. The Kier molecular flexibility index (Phi) is 5.90. The third-order valence-electron chi connectivity index (χ3n) is 4.72. The molecule has 0 spiro atoms. The van der Waals surface area contributed by atoms with Crippen LogP contribution in [0.15, 0.2) is 89.3 Å². The summed E-state index contributed by atoms with van der Waals surface area (Å²) in [6, 6.07) is 26.6. The number of rotatable bonds is 7. The summed E-state index contributed by atoms with van der Waals surface area (Å²) in [5.41, 5.74) is 3.54. The number of nitrogens with one attached hydrogen (secondary N) is 1. The first-order valence-electron chi connectivity index (χ1n) is 9.84. The molecule has 0 saturated heterocycles. The van der Waals surface area contributed by atoms with Crippen LogP contribution in [-0.4, -0.2) is 16.0 Å². The number of oxazole rings is 1. The number of benzene rings is 3. The van der Waals surface area contributed by atoms with Crippen LogP contribution < -0.4 is 5.32 Å². The molecule has 1 amide bonds. The highest BCUT2D eigenvalue weighted by Crippen LogP contribution is 2.32. The first kappa shape index (κ1) is 19.5. The van der Waals surface area contributed by atoms with Crippen LogP contribution >= 0.6 is 0 Å². The second-order valence-electron chi connectivity index (χ2n) is 6.96. The second-order valence-corrected chi connectivity index (χ2v) is 6.96. The fourth-order valence-electron chi connectivity index (χ4n) is 3.22. The second kappa shape index (κ2) is 9.09. The largest absolute Gasteiger partial charge is 0.508 e. The highest BCUT2D eigenvalue weighted by Gasteiger charge is 2.17. The normalized spacial score (nSPS) is 10.7. The van der Waals surface area contributed by atoms with Crippen LogP contribution in [0.25, 0.3) is 22.6 Å². The van der Waals surface area contributed by atoms with Crippen LogP contribution in [0, 0.1) is 0 Å². The lowest BCUT2D eigenvalue weighted by molar-refractivity contribution is -0.121. The van der Waals surface area contributed by atoms with Gasteiger partial charge in [-0.05, 0) is 17.7 Å². The van der Waals surface area contributed by atoms with Crippen molar-refractivity contribution in [2.45, 2.75) is 19.4 Å². The van der Waals surface area contributed by atoms with E-state index < -0.39 is 0 Å². The predicted molar refractivity (Wildman–Crippen MR) is 116 cm³/mol. The molecule has 30 heavy (non-hydrogen) atoms. The summed E-state index contributed by atoms with van der Waals surface area (Å²) in [7, 11) is 0. The lowest BCUT2D eigenvalue weighted by atomic mass is 10.1. The maximum Gasteiger partial charge on any atom is 0.220 e. The molecule has 0 fully saturated rings. The number of aromatic hydroxyl groups is 1. The summed E-state index contributed by atoms with van der Waals surface area (Å²) in [5.74, 6) is 1.32. The van der Waals surface area contributed by atoms with E-state index in [1.54, 1.807) is 18.2 Å². The minimum atomic E-state index is -0.0981. The molecule has 5 heteroatoms. The van der Waals surface area contributed by atoms with E-state index in [4.69, 9.17) is 4.42 Å². The zero-order valence-corrected chi connectivity index (χ0v) is 16.4. The smallest absolute Gasteiger partial charge is 0.220 e. The molecule has 0 aliphatic rings. The third kappa shape index (κ3) is 4.75. The highest BCUT2D eigenvalue weighted by atomic mass is 16.4. The molecule has 0 saturated carbocycles. The first-order chi connectivity index (χ1) is 14.7. The molecule has 0 aliphatic heterocycles. The summed E-state index contributed by atoms with van der Waals surface area (Å²) < 4.78 is 6.06. The van der Waals surface area contributed by atoms with Gasteiger partial charge in [-0.15, -0.1) is 0 Å². The van der Waals surface area contributed by atoms with E-state index in [9.17, 15) is 9.90 Å². The fraction of sp³-hybridized carbons (Fsp3) is 0.120. The van der Waals surface area contributed by atoms with E-state index in [1.165, 1.54) is 0 Å². The number of carbonyl (C=O) groups excluding carboxylic acids is 1. The van der Waals surface area contributed by atoms with Gasteiger partial charge in [-0.25, -0.2) is 4.98 Å². The molecule has 1 heterocycles. The van der Waals surface area contributed by atoms with Gasteiger partial charge in [0.15, 0.2) is 11.7 Å².